The summed E-state index contributed by atoms with van der Waals surface area (Å²) in [4.78, 5) is 16.7. The molecule has 0 spiro atoms. The molecule has 4 aliphatic rings. The van der Waals surface area contributed by atoms with Crippen molar-refractivity contribution in [1.82, 2.24) is 9.80 Å². The number of piperazine rings is 1. The molecule has 0 aromatic carbocycles. The van der Waals surface area contributed by atoms with Crippen molar-refractivity contribution in [3.8, 4) is 0 Å². The predicted molar refractivity (Wildman–Crippen MR) is 58.5 cm³/mol. The Bertz CT molecular complexity index is 273. The number of piperidine rings is 1. The van der Waals surface area contributed by atoms with Crippen LogP contribution in [0, 0.1) is 5.92 Å². The summed E-state index contributed by atoms with van der Waals surface area (Å²) in [5.41, 5.74) is 0. The van der Waals surface area contributed by atoms with Crippen molar-refractivity contribution in [2.75, 3.05) is 13.1 Å². The molecule has 4 rings (SSSR count). The number of carbonyl (C=O) groups is 1. The van der Waals surface area contributed by atoms with Gasteiger partial charge in [0.05, 0.1) is 0 Å². The smallest absolute Gasteiger partial charge is 0.226 e. The molecule has 84 valence electrons. The van der Waals surface area contributed by atoms with Crippen molar-refractivity contribution in [2.45, 2.75) is 51.2 Å². The van der Waals surface area contributed by atoms with Crippen LogP contribution in [0.5, 0.6) is 0 Å². The van der Waals surface area contributed by atoms with E-state index in [9.17, 15) is 4.79 Å². The second kappa shape index (κ2) is 3.21. The van der Waals surface area contributed by atoms with Gasteiger partial charge in [-0.15, -0.1) is 0 Å². The highest BCUT2D eigenvalue weighted by Crippen LogP contribution is 2.39. The fourth-order valence-electron chi connectivity index (χ4n) is 2.96. The van der Waals surface area contributed by atoms with Crippen LogP contribution >= 0.6 is 0 Å². The molecule has 1 amide bonds. The molecule has 3 heterocycles. The van der Waals surface area contributed by atoms with Crippen molar-refractivity contribution in [3.63, 3.8) is 0 Å². The normalized spacial score (nSPS) is 35.5. The van der Waals surface area contributed by atoms with E-state index in [0.29, 0.717) is 30.0 Å². The molecular weight excluding hydrogens is 188 g/mol. The third-order valence-corrected chi connectivity index (χ3v) is 4.13. The zero-order chi connectivity index (χ0) is 10.6. The first-order valence-electron chi connectivity index (χ1n) is 6.23. The monoisotopic (exact) mass is 208 g/mol. The van der Waals surface area contributed by atoms with Gasteiger partial charge in [0.1, 0.15) is 0 Å². The van der Waals surface area contributed by atoms with Gasteiger partial charge >= 0.3 is 0 Å². The Kier molecular flexibility index (Phi) is 2.06. The van der Waals surface area contributed by atoms with Crippen LogP contribution in [0.15, 0.2) is 0 Å². The summed E-state index contributed by atoms with van der Waals surface area (Å²) in [6.45, 7) is 6.70. The SMILES string of the molecule is CC(C)N1CC2CC(C1)N2C(=O)C1CC1. The van der Waals surface area contributed by atoms with E-state index in [2.05, 4.69) is 23.6 Å². The molecule has 1 aliphatic carbocycles. The molecule has 0 N–H and O–H groups in total. The Morgan fingerprint density at radius 1 is 1.20 bits per heavy atom. The summed E-state index contributed by atoms with van der Waals surface area (Å²) in [7, 11) is 0. The molecule has 0 aromatic heterocycles. The molecule has 3 nitrogen and oxygen atoms in total. The lowest BCUT2D eigenvalue weighted by Gasteiger charge is -2.57. The summed E-state index contributed by atoms with van der Waals surface area (Å²) in [5, 5.41) is 0. The van der Waals surface area contributed by atoms with E-state index < -0.39 is 0 Å². The highest BCUT2D eigenvalue weighted by Gasteiger charge is 2.50. The minimum absolute atomic E-state index is 0.404. The van der Waals surface area contributed by atoms with Crippen LogP contribution in [0.3, 0.4) is 0 Å². The average molecular weight is 208 g/mol. The number of nitrogens with zero attached hydrogens (tertiary/aromatic N) is 2. The van der Waals surface area contributed by atoms with Crippen LogP contribution in [-0.2, 0) is 4.79 Å². The number of hydrogen-bond donors (Lipinski definition) is 0. The minimum Gasteiger partial charge on any atom is -0.334 e. The van der Waals surface area contributed by atoms with Crippen molar-refractivity contribution in [3.05, 3.63) is 0 Å². The maximum atomic E-state index is 12.0. The lowest BCUT2D eigenvalue weighted by atomic mass is 9.86. The molecule has 15 heavy (non-hydrogen) atoms. The van der Waals surface area contributed by atoms with Gasteiger partial charge in [-0.3, -0.25) is 9.69 Å². The summed E-state index contributed by atoms with van der Waals surface area (Å²) >= 11 is 0. The fourth-order valence-corrected chi connectivity index (χ4v) is 2.96. The molecule has 0 aromatic rings. The molecule has 3 heteroatoms. The molecule has 1 saturated carbocycles. The Morgan fingerprint density at radius 3 is 2.27 bits per heavy atom. The number of hydrogen-bond acceptors (Lipinski definition) is 2. The van der Waals surface area contributed by atoms with Gasteiger partial charge in [0.25, 0.3) is 0 Å². The maximum Gasteiger partial charge on any atom is 0.226 e. The van der Waals surface area contributed by atoms with Gasteiger partial charge in [-0.25, -0.2) is 0 Å². The number of fused-ring (bicyclic) bond motifs is 2. The van der Waals surface area contributed by atoms with Crippen LogP contribution in [0.25, 0.3) is 0 Å². The molecule has 2 bridgehead atoms. The number of amides is 1. The summed E-state index contributed by atoms with van der Waals surface area (Å²) in [6, 6.07) is 1.71. The second-order valence-electron chi connectivity index (χ2n) is 5.61. The first kappa shape index (κ1) is 9.64. The van der Waals surface area contributed by atoms with E-state index in [4.69, 9.17) is 0 Å². The van der Waals surface area contributed by atoms with Crippen LogP contribution in [0.2, 0.25) is 0 Å². The van der Waals surface area contributed by atoms with Crippen LogP contribution in [0.4, 0.5) is 0 Å². The van der Waals surface area contributed by atoms with Crippen molar-refractivity contribution in [2.24, 2.45) is 5.92 Å². The third kappa shape index (κ3) is 1.48. The Morgan fingerprint density at radius 2 is 1.80 bits per heavy atom. The molecule has 2 atom stereocenters. The van der Waals surface area contributed by atoms with Gasteiger partial charge in [0.15, 0.2) is 0 Å². The first-order chi connectivity index (χ1) is 7.16. The standard InChI is InChI=1S/C12H20N2O/c1-8(2)13-6-10-5-11(7-13)14(10)12(15)9-3-4-9/h8-11H,3-7H2,1-2H3. The molecule has 4 fully saturated rings. The van der Waals surface area contributed by atoms with Gasteiger partial charge in [-0.1, -0.05) is 0 Å². The largest absolute Gasteiger partial charge is 0.334 e. The molecule has 0 radical (unpaired) electrons. The van der Waals surface area contributed by atoms with Crippen molar-refractivity contribution >= 4 is 5.91 Å². The Labute approximate surface area is 91.4 Å². The number of rotatable bonds is 2. The van der Waals surface area contributed by atoms with Crippen molar-refractivity contribution < 1.29 is 4.79 Å². The zero-order valence-corrected chi connectivity index (χ0v) is 9.65. The van der Waals surface area contributed by atoms with Gasteiger partial charge in [-0.05, 0) is 33.1 Å². The van der Waals surface area contributed by atoms with Gasteiger partial charge in [-0.2, -0.15) is 0 Å². The topological polar surface area (TPSA) is 23.6 Å². The molecule has 3 aliphatic heterocycles. The van der Waals surface area contributed by atoms with Gasteiger partial charge in [0, 0.05) is 37.1 Å². The predicted octanol–water partition coefficient (Wildman–Crippen LogP) is 1.09. The summed E-state index contributed by atoms with van der Waals surface area (Å²) in [6.07, 6.45) is 3.53. The van der Waals surface area contributed by atoms with Crippen LogP contribution in [-0.4, -0.2) is 46.9 Å². The highest BCUT2D eigenvalue weighted by atomic mass is 16.2. The minimum atomic E-state index is 0.404. The fraction of sp³-hybridized carbons (Fsp3) is 0.917. The lowest BCUT2D eigenvalue weighted by molar-refractivity contribution is -0.156. The van der Waals surface area contributed by atoms with E-state index in [1.807, 2.05) is 0 Å². The van der Waals surface area contributed by atoms with E-state index in [-0.39, 0.29) is 0 Å². The van der Waals surface area contributed by atoms with Gasteiger partial charge in [0.2, 0.25) is 5.91 Å². The first-order valence-corrected chi connectivity index (χ1v) is 6.23. The molecule has 3 saturated heterocycles. The quantitative estimate of drug-likeness (QED) is 0.678. The maximum absolute atomic E-state index is 12.0. The third-order valence-electron chi connectivity index (χ3n) is 4.13. The lowest BCUT2D eigenvalue weighted by Crippen LogP contribution is -2.71. The van der Waals surface area contributed by atoms with Crippen molar-refractivity contribution in [1.29, 1.82) is 0 Å². The highest BCUT2D eigenvalue weighted by molar-refractivity contribution is 5.82. The van der Waals surface area contributed by atoms with E-state index in [0.717, 1.165) is 25.9 Å². The molecular formula is C12H20N2O. The summed E-state index contributed by atoms with van der Waals surface area (Å²) < 4.78 is 0. The van der Waals surface area contributed by atoms with E-state index in [1.165, 1.54) is 6.42 Å². The van der Waals surface area contributed by atoms with Crippen LogP contribution in [0.1, 0.15) is 33.1 Å². The van der Waals surface area contributed by atoms with Crippen LogP contribution < -0.4 is 0 Å². The van der Waals surface area contributed by atoms with Gasteiger partial charge < -0.3 is 4.90 Å². The van der Waals surface area contributed by atoms with E-state index >= 15 is 0 Å². The second-order valence-corrected chi connectivity index (χ2v) is 5.61. The Hall–Kier alpha value is -0.570. The average Bonchev–Trinajstić information content (AvgIpc) is 3.00. The Balaban J connectivity index is 1.64. The molecule has 2 unspecified atom stereocenters. The number of carbonyl (C=O) groups excluding carboxylic acids is 1. The summed E-state index contributed by atoms with van der Waals surface area (Å²) in [5.74, 6) is 0.862. The zero-order valence-electron chi connectivity index (χ0n) is 9.65. The van der Waals surface area contributed by atoms with E-state index in [1.54, 1.807) is 0 Å².